The van der Waals surface area contributed by atoms with Crippen LogP contribution in [0.25, 0.3) is 0 Å². The first kappa shape index (κ1) is 14.7. The van der Waals surface area contributed by atoms with Crippen LogP contribution in [-0.4, -0.2) is 17.7 Å². The molecule has 0 saturated heterocycles. The molecule has 21 heavy (non-hydrogen) atoms. The van der Waals surface area contributed by atoms with Gasteiger partial charge in [-0.1, -0.05) is 18.2 Å². The van der Waals surface area contributed by atoms with E-state index < -0.39 is 18.4 Å². The summed E-state index contributed by atoms with van der Waals surface area (Å²) in [4.78, 5) is 11.1. The third kappa shape index (κ3) is 3.44. The van der Waals surface area contributed by atoms with Gasteiger partial charge in [-0.2, -0.15) is 8.78 Å². The van der Waals surface area contributed by atoms with E-state index in [-0.39, 0.29) is 22.7 Å². The molecule has 0 saturated carbocycles. The number of ether oxygens (including phenoxy) is 1. The van der Waals surface area contributed by atoms with Crippen molar-refractivity contribution in [2.45, 2.75) is 6.61 Å². The van der Waals surface area contributed by atoms with Crippen LogP contribution in [0.1, 0.15) is 10.4 Å². The summed E-state index contributed by atoms with van der Waals surface area (Å²) >= 11 is 0. The minimum Gasteiger partial charge on any atom is -0.478 e. The number of nitrogens with one attached hydrogen (secondary N) is 1. The molecular formula is C14H10F3NO3. The fraction of sp³-hybridized carbons (Fsp3) is 0.0714. The van der Waals surface area contributed by atoms with Gasteiger partial charge in [-0.05, 0) is 24.3 Å². The lowest BCUT2D eigenvalue weighted by Gasteiger charge is -2.14. The number of hydrogen-bond acceptors (Lipinski definition) is 3. The molecule has 0 aromatic heterocycles. The quantitative estimate of drug-likeness (QED) is 0.879. The van der Waals surface area contributed by atoms with Crippen molar-refractivity contribution in [1.82, 2.24) is 0 Å². The van der Waals surface area contributed by atoms with E-state index in [9.17, 15) is 18.0 Å². The molecule has 0 heterocycles. The summed E-state index contributed by atoms with van der Waals surface area (Å²) in [5.74, 6) is -2.38. The third-order valence-electron chi connectivity index (χ3n) is 2.61. The van der Waals surface area contributed by atoms with Gasteiger partial charge in [-0.25, -0.2) is 9.18 Å². The SMILES string of the molecule is O=C(O)c1cccc(F)c1Nc1ccccc1OC(F)F. The molecule has 110 valence electrons. The first-order chi connectivity index (χ1) is 9.99. The van der Waals surface area contributed by atoms with E-state index in [4.69, 9.17) is 5.11 Å². The van der Waals surface area contributed by atoms with E-state index in [1.54, 1.807) is 0 Å². The number of anilines is 2. The van der Waals surface area contributed by atoms with Crippen LogP contribution >= 0.6 is 0 Å². The number of hydrogen-bond donors (Lipinski definition) is 2. The molecule has 0 atom stereocenters. The average Bonchev–Trinajstić information content (AvgIpc) is 2.42. The fourth-order valence-corrected chi connectivity index (χ4v) is 1.73. The molecule has 2 N–H and O–H groups in total. The van der Waals surface area contributed by atoms with Gasteiger partial charge in [0.05, 0.1) is 16.9 Å². The van der Waals surface area contributed by atoms with Crippen LogP contribution in [-0.2, 0) is 0 Å². The molecule has 2 aromatic rings. The van der Waals surface area contributed by atoms with Crippen LogP contribution in [0.15, 0.2) is 42.5 Å². The number of alkyl halides is 2. The van der Waals surface area contributed by atoms with Gasteiger partial charge in [0.15, 0.2) is 0 Å². The van der Waals surface area contributed by atoms with Crippen molar-refractivity contribution in [3.05, 3.63) is 53.8 Å². The second-order valence-electron chi connectivity index (χ2n) is 3.97. The number of benzene rings is 2. The number of halogens is 3. The van der Waals surface area contributed by atoms with Crippen molar-refractivity contribution in [3.8, 4) is 5.75 Å². The van der Waals surface area contributed by atoms with E-state index in [0.29, 0.717) is 0 Å². The molecule has 2 aromatic carbocycles. The van der Waals surface area contributed by atoms with E-state index in [1.807, 2.05) is 0 Å². The van der Waals surface area contributed by atoms with Crippen molar-refractivity contribution in [1.29, 1.82) is 0 Å². The van der Waals surface area contributed by atoms with Gasteiger partial charge in [0.25, 0.3) is 0 Å². The van der Waals surface area contributed by atoms with Crippen LogP contribution in [0.3, 0.4) is 0 Å². The van der Waals surface area contributed by atoms with Crippen LogP contribution in [0.4, 0.5) is 24.5 Å². The molecule has 0 aliphatic carbocycles. The van der Waals surface area contributed by atoms with Gasteiger partial charge in [0, 0.05) is 0 Å². The van der Waals surface area contributed by atoms with Gasteiger partial charge in [0.1, 0.15) is 11.6 Å². The second kappa shape index (κ2) is 6.17. The Hall–Kier alpha value is -2.70. The molecule has 0 unspecified atom stereocenters. The van der Waals surface area contributed by atoms with E-state index in [0.717, 1.165) is 6.07 Å². The molecule has 7 heteroatoms. The molecule has 0 aliphatic rings. The minimum absolute atomic E-state index is 0.0328. The molecule has 0 spiro atoms. The highest BCUT2D eigenvalue weighted by Crippen LogP contribution is 2.31. The predicted octanol–water partition coefficient (Wildman–Crippen LogP) is 3.87. The maximum Gasteiger partial charge on any atom is 0.387 e. The standard InChI is InChI=1S/C14H10F3NO3/c15-9-5-3-4-8(13(19)20)12(9)18-10-6-1-2-7-11(10)21-14(16)17/h1-7,14,18H,(H,19,20). The Morgan fingerprint density at radius 3 is 2.52 bits per heavy atom. The Morgan fingerprint density at radius 2 is 1.86 bits per heavy atom. The molecule has 0 bridgehead atoms. The Morgan fingerprint density at radius 1 is 1.14 bits per heavy atom. The fourth-order valence-electron chi connectivity index (χ4n) is 1.73. The summed E-state index contributed by atoms with van der Waals surface area (Å²) in [6.07, 6.45) is 0. The lowest BCUT2D eigenvalue weighted by Crippen LogP contribution is -2.07. The van der Waals surface area contributed by atoms with Crippen molar-refractivity contribution in [3.63, 3.8) is 0 Å². The third-order valence-corrected chi connectivity index (χ3v) is 2.61. The topological polar surface area (TPSA) is 58.6 Å². The Balaban J connectivity index is 2.41. The smallest absolute Gasteiger partial charge is 0.387 e. The monoisotopic (exact) mass is 297 g/mol. The number of carbonyl (C=O) groups is 1. The summed E-state index contributed by atoms with van der Waals surface area (Å²) in [5.41, 5.74) is -0.609. The normalized spacial score (nSPS) is 10.5. The van der Waals surface area contributed by atoms with Gasteiger partial charge in [-0.15, -0.1) is 0 Å². The van der Waals surface area contributed by atoms with Crippen molar-refractivity contribution in [2.75, 3.05) is 5.32 Å². The largest absolute Gasteiger partial charge is 0.478 e. The van der Waals surface area contributed by atoms with Gasteiger partial charge in [0.2, 0.25) is 0 Å². The van der Waals surface area contributed by atoms with E-state index in [2.05, 4.69) is 10.1 Å². The predicted molar refractivity (Wildman–Crippen MR) is 69.7 cm³/mol. The van der Waals surface area contributed by atoms with Crippen LogP contribution < -0.4 is 10.1 Å². The van der Waals surface area contributed by atoms with Crippen LogP contribution in [0, 0.1) is 5.82 Å². The summed E-state index contributed by atoms with van der Waals surface area (Å²) in [6, 6.07) is 9.11. The summed E-state index contributed by atoms with van der Waals surface area (Å²) in [7, 11) is 0. The summed E-state index contributed by atoms with van der Waals surface area (Å²) in [5, 5.41) is 11.5. The molecule has 0 radical (unpaired) electrons. The minimum atomic E-state index is -3.05. The maximum atomic E-state index is 13.8. The molecule has 0 fully saturated rings. The second-order valence-corrected chi connectivity index (χ2v) is 3.97. The number of para-hydroxylation sites is 3. The number of carboxylic acids is 1. The van der Waals surface area contributed by atoms with Crippen molar-refractivity contribution >= 4 is 17.3 Å². The molecule has 0 aliphatic heterocycles. The highest BCUT2D eigenvalue weighted by molar-refractivity contribution is 5.95. The van der Waals surface area contributed by atoms with Crippen LogP contribution in [0.2, 0.25) is 0 Å². The lowest BCUT2D eigenvalue weighted by molar-refractivity contribution is -0.0493. The Bertz CT molecular complexity index is 662. The number of rotatable bonds is 5. The zero-order chi connectivity index (χ0) is 15.4. The maximum absolute atomic E-state index is 13.8. The van der Waals surface area contributed by atoms with Gasteiger partial charge in [-0.3, -0.25) is 0 Å². The van der Waals surface area contributed by atoms with Gasteiger partial charge >= 0.3 is 12.6 Å². The molecular weight excluding hydrogens is 287 g/mol. The zero-order valence-corrected chi connectivity index (χ0v) is 10.5. The molecule has 2 rings (SSSR count). The van der Waals surface area contributed by atoms with E-state index >= 15 is 0 Å². The Labute approximate surface area is 117 Å². The Kier molecular flexibility index (Phi) is 4.32. The number of aromatic carboxylic acids is 1. The average molecular weight is 297 g/mol. The molecule has 4 nitrogen and oxygen atoms in total. The highest BCUT2D eigenvalue weighted by Gasteiger charge is 2.16. The van der Waals surface area contributed by atoms with Gasteiger partial charge < -0.3 is 15.2 Å². The van der Waals surface area contributed by atoms with Crippen molar-refractivity contribution < 1.29 is 27.8 Å². The number of carboxylic acid groups (broad SMARTS) is 1. The summed E-state index contributed by atoms with van der Waals surface area (Å²) in [6.45, 7) is -3.05. The summed E-state index contributed by atoms with van der Waals surface area (Å²) < 4.78 is 42.7. The first-order valence-corrected chi connectivity index (χ1v) is 5.81. The first-order valence-electron chi connectivity index (χ1n) is 5.81. The lowest BCUT2D eigenvalue weighted by atomic mass is 10.1. The van der Waals surface area contributed by atoms with Crippen LogP contribution in [0.5, 0.6) is 5.75 Å². The zero-order valence-electron chi connectivity index (χ0n) is 10.5. The highest BCUT2D eigenvalue weighted by atomic mass is 19.3. The van der Waals surface area contributed by atoms with E-state index in [1.165, 1.54) is 36.4 Å². The van der Waals surface area contributed by atoms with Crippen molar-refractivity contribution in [2.24, 2.45) is 0 Å². The molecule has 0 amide bonds.